The van der Waals surface area contributed by atoms with Crippen LogP contribution in [0.15, 0.2) is 24.4 Å². The van der Waals surface area contributed by atoms with E-state index in [2.05, 4.69) is 35.1 Å². The number of ether oxygens (including phenoxy) is 1. The lowest BCUT2D eigenvalue weighted by Gasteiger charge is -2.44. The molecule has 1 amide bonds. The van der Waals surface area contributed by atoms with Gasteiger partial charge in [0, 0.05) is 36.8 Å². The van der Waals surface area contributed by atoms with Crippen LogP contribution in [0.5, 0.6) is 0 Å². The second-order valence-electron chi connectivity index (χ2n) is 10.6. The quantitative estimate of drug-likeness (QED) is 0.566. The van der Waals surface area contributed by atoms with Crippen LogP contribution in [0.4, 0.5) is 22.1 Å². The molecule has 35 heavy (non-hydrogen) atoms. The van der Waals surface area contributed by atoms with Gasteiger partial charge in [0.25, 0.3) is 0 Å². The van der Waals surface area contributed by atoms with Crippen LogP contribution in [0.2, 0.25) is 5.02 Å². The highest BCUT2D eigenvalue weighted by atomic mass is 35.5. The van der Waals surface area contributed by atoms with Crippen LogP contribution < -0.4 is 10.2 Å². The lowest BCUT2D eigenvalue weighted by atomic mass is 9.99. The van der Waals surface area contributed by atoms with Crippen LogP contribution in [-0.4, -0.2) is 52.2 Å². The number of aromatic nitrogens is 2. The van der Waals surface area contributed by atoms with E-state index in [9.17, 15) is 10.1 Å². The maximum absolute atomic E-state index is 12.9. The van der Waals surface area contributed by atoms with Crippen molar-refractivity contribution in [3.63, 3.8) is 0 Å². The monoisotopic (exact) mass is 496 g/mol. The van der Waals surface area contributed by atoms with E-state index < -0.39 is 5.60 Å². The van der Waals surface area contributed by atoms with Gasteiger partial charge in [0.05, 0.1) is 23.0 Å². The van der Waals surface area contributed by atoms with Crippen molar-refractivity contribution in [2.75, 3.05) is 29.9 Å². The Balaban J connectivity index is 1.62. The summed E-state index contributed by atoms with van der Waals surface area (Å²) >= 11 is 6.13. The van der Waals surface area contributed by atoms with E-state index in [-0.39, 0.29) is 18.1 Å². The van der Waals surface area contributed by atoms with Crippen molar-refractivity contribution in [2.45, 2.75) is 65.0 Å². The number of halogens is 1. The third-order valence-electron chi connectivity index (χ3n) is 6.22. The molecule has 4 rings (SSSR count). The molecule has 1 N–H and O–H groups in total. The lowest BCUT2D eigenvalue weighted by Crippen LogP contribution is -2.58. The Labute approximate surface area is 212 Å². The average Bonchev–Trinajstić information content (AvgIpc) is 3.62. The molecule has 8 nitrogen and oxygen atoms in total. The molecule has 3 heterocycles. The first-order valence-corrected chi connectivity index (χ1v) is 12.5. The zero-order chi connectivity index (χ0) is 25.3. The fourth-order valence-corrected chi connectivity index (χ4v) is 4.50. The number of rotatable bonds is 5. The number of carbonyl (C=O) groups excluding carboxylic acids is 1. The van der Waals surface area contributed by atoms with E-state index in [4.69, 9.17) is 21.3 Å². The van der Waals surface area contributed by atoms with Gasteiger partial charge in [0.1, 0.15) is 23.3 Å². The van der Waals surface area contributed by atoms with Crippen molar-refractivity contribution in [1.29, 1.82) is 5.26 Å². The van der Waals surface area contributed by atoms with E-state index in [1.54, 1.807) is 18.3 Å². The molecule has 2 aromatic rings. The molecule has 1 saturated heterocycles. The van der Waals surface area contributed by atoms with E-state index in [1.807, 2.05) is 31.7 Å². The van der Waals surface area contributed by atoms with Gasteiger partial charge in [-0.25, -0.2) is 14.8 Å². The number of hydrogen-bond acceptors (Lipinski definition) is 7. The first-order chi connectivity index (χ1) is 16.6. The molecule has 1 aliphatic heterocycles. The molecule has 0 radical (unpaired) electrons. The van der Waals surface area contributed by atoms with Gasteiger partial charge >= 0.3 is 6.09 Å². The Hall–Kier alpha value is -3.05. The van der Waals surface area contributed by atoms with Gasteiger partial charge in [-0.1, -0.05) is 25.4 Å². The average molecular weight is 497 g/mol. The Kier molecular flexibility index (Phi) is 7.09. The molecule has 1 saturated carbocycles. The molecule has 1 atom stereocenters. The minimum Gasteiger partial charge on any atom is -0.444 e. The number of carbonyl (C=O) groups is 1. The van der Waals surface area contributed by atoms with E-state index >= 15 is 0 Å². The first-order valence-electron chi connectivity index (χ1n) is 12.1. The summed E-state index contributed by atoms with van der Waals surface area (Å²) in [4.78, 5) is 26.2. The standard InChI is InChI=1S/C26H33ClN6O2/c1-16(2)21-15-32(10-11-33(21)25(34)35-26(3,4)5)24-18(14-28)12-20(23(31-24)17-6-7-17)30-22-13-19(27)8-9-29-22/h8-9,12-13,16-17,21H,6-7,10-11,15H2,1-5H3,(H,29,30). The Morgan fingerprint density at radius 3 is 2.63 bits per heavy atom. The number of piperazine rings is 1. The fourth-order valence-electron chi connectivity index (χ4n) is 4.34. The van der Waals surface area contributed by atoms with Gasteiger partial charge < -0.3 is 19.9 Å². The molecule has 0 bridgehead atoms. The van der Waals surface area contributed by atoms with Crippen LogP contribution in [0.25, 0.3) is 0 Å². The maximum Gasteiger partial charge on any atom is 0.410 e. The summed E-state index contributed by atoms with van der Waals surface area (Å²) in [5.74, 6) is 1.86. The highest BCUT2D eigenvalue weighted by Gasteiger charge is 2.37. The predicted molar refractivity (Wildman–Crippen MR) is 137 cm³/mol. The molecular weight excluding hydrogens is 464 g/mol. The van der Waals surface area contributed by atoms with E-state index in [0.717, 1.165) is 24.2 Å². The number of anilines is 3. The molecule has 2 aromatic heterocycles. The SMILES string of the molecule is CC(C)C1CN(c2nc(C3CC3)c(Nc3cc(Cl)ccn3)cc2C#N)CCN1C(=O)OC(C)(C)C. The second kappa shape index (κ2) is 9.90. The number of hydrogen-bond donors (Lipinski definition) is 1. The summed E-state index contributed by atoms with van der Waals surface area (Å²) < 4.78 is 5.66. The summed E-state index contributed by atoms with van der Waals surface area (Å²) in [7, 11) is 0. The third kappa shape index (κ3) is 5.96. The molecule has 1 unspecified atom stereocenters. The number of pyridine rings is 2. The predicted octanol–water partition coefficient (Wildman–Crippen LogP) is 5.70. The van der Waals surface area contributed by atoms with Crippen LogP contribution >= 0.6 is 11.6 Å². The van der Waals surface area contributed by atoms with Crippen LogP contribution in [-0.2, 0) is 4.74 Å². The van der Waals surface area contributed by atoms with Gasteiger partial charge in [-0.3, -0.25) is 0 Å². The summed E-state index contributed by atoms with van der Waals surface area (Å²) in [6, 6.07) is 7.62. The second-order valence-corrected chi connectivity index (χ2v) is 11.0. The van der Waals surface area contributed by atoms with Gasteiger partial charge in [-0.15, -0.1) is 0 Å². The molecule has 2 aliphatic rings. The minimum atomic E-state index is -0.550. The van der Waals surface area contributed by atoms with Crippen molar-refractivity contribution in [3.8, 4) is 6.07 Å². The lowest BCUT2D eigenvalue weighted by molar-refractivity contribution is 0.00878. The number of nitrogens with zero attached hydrogens (tertiary/aromatic N) is 5. The third-order valence-corrected chi connectivity index (χ3v) is 6.45. The van der Waals surface area contributed by atoms with Crippen molar-refractivity contribution < 1.29 is 9.53 Å². The number of amides is 1. The normalized spacial score (nSPS) is 18.4. The van der Waals surface area contributed by atoms with Crippen molar-refractivity contribution in [3.05, 3.63) is 40.7 Å². The van der Waals surface area contributed by atoms with Crippen LogP contribution in [0, 0.1) is 17.2 Å². The van der Waals surface area contributed by atoms with Crippen molar-refractivity contribution in [2.24, 2.45) is 5.92 Å². The summed E-state index contributed by atoms with van der Waals surface area (Å²) in [5.41, 5.74) is 1.67. The van der Waals surface area contributed by atoms with Crippen LogP contribution in [0.3, 0.4) is 0 Å². The smallest absolute Gasteiger partial charge is 0.410 e. The van der Waals surface area contributed by atoms with Gasteiger partial charge in [0.15, 0.2) is 0 Å². The number of nitriles is 1. The zero-order valence-corrected chi connectivity index (χ0v) is 21.8. The zero-order valence-electron chi connectivity index (χ0n) is 21.0. The highest BCUT2D eigenvalue weighted by Crippen LogP contribution is 2.44. The van der Waals surface area contributed by atoms with Gasteiger partial charge in [0.2, 0.25) is 0 Å². The summed E-state index contributed by atoms with van der Waals surface area (Å²) in [6.07, 6.45) is 3.48. The summed E-state index contributed by atoms with van der Waals surface area (Å²) in [5, 5.41) is 13.9. The van der Waals surface area contributed by atoms with Crippen molar-refractivity contribution >= 4 is 35.0 Å². The van der Waals surface area contributed by atoms with Crippen LogP contribution in [0.1, 0.15) is 64.6 Å². The maximum atomic E-state index is 12.9. The number of nitrogens with one attached hydrogen (secondary N) is 1. The molecule has 0 aromatic carbocycles. The van der Waals surface area contributed by atoms with E-state index in [0.29, 0.717) is 47.8 Å². The summed E-state index contributed by atoms with van der Waals surface area (Å²) in [6.45, 7) is 11.5. The molecule has 1 aliphatic carbocycles. The fraction of sp³-hybridized carbons (Fsp3) is 0.538. The topological polar surface area (TPSA) is 94.4 Å². The van der Waals surface area contributed by atoms with E-state index in [1.165, 1.54) is 0 Å². The largest absolute Gasteiger partial charge is 0.444 e. The van der Waals surface area contributed by atoms with Gasteiger partial charge in [-0.05, 0) is 57.7 Å². The molecule has 186 valence electrons. The van der Waals surface area contributed by atoms with Gasteiger partial charge in [-0.2, -0.15) is 5.26 Å². The Morgan fingerprint density at radius 1 is 1.29 bits per heavy atom. The Morgan fingerprint density at radius 2 is 2.03 bits per heavy atom. The van der Waals surface area contributed by atoms with Crippen molar-refractivity contribution in [1.82, 2.24) is 14.9 Å². The molecule has 2 fully saturated rings. The molecule has 0 spiro atoms. The molecular formula is C26H33ClN6O2. The highest BCUT2D eigenvalue weighted by molar-refractivity contribution is 6.30. The molecule has 9 heteroatoms. The Bertz CT molecular complexity index is 1140. The first kappa shape index (κ1) is 25.1. The minimum absolute atomic E-state index is 0.0511.